The van der Waals surface area contributed by atoms with Crippen LogP contribution in [-0.4, -0.2) is 9.97 Å². The molecule has 9 rings (SSSR count). The fraction of sp³-hybridized carbons (Fsp3) is 0. The van der Waals surface area contributed by atoms with Gasteiger partial charge in [-0.15, -0.1) is 0 Å². The number of hydrogen-bond acceptors (Lipinski definition) is 2. The van der Waals surface area contributed by atoms with Gasteiger partial charge in [0.2, 0.25) is 0 Å². The van der Waals surface area contributed by atoms with E-state index in [1.54, 1.807) is 0 Å². The van der Waals surface area contributed by atoms with Gasteiger partial charge in [-0.25, -0.2) is 9.97 Å². The summed E-state index contributed by atoms with van der Waals surface area (Å²) in [5.74, 6) is 0.721. The highest BCUT2D eigenvalue weighted by Gasteiger charge is 2.17. The van der Waals surface area contributed by atoms with Crippen LogP contribution in [0.1, 0.15) is 0 Å². The van der Waals surface area contributed by atoms with Crippen molar-refractivity contribution in [2.45, 2.75) is 0 Å². The lowest BCUT2D eigenvalue weighted by molar-refractivity contribution is 1.19. The average molecular weight is 559 g/mol. The van der Waals surface area contributed by atoms with Crippen molar-refractivity contribution in [2.24, 2.45) is 0 Å². The lowest BCUT2D eigenvalue weighted by Crippen LogP contribution is -1.97. The second-order valence-electron chi connectivity index (χ2n) is 11.4. The van der Waals surface area contributed by atoms with Gasteiger partial charge in [0.25, 0.3) is 0 Å². The molecule has 0 aliphatic rings. The number of benzene rings is 8. The SMILES string of the molecule is c1ccc(-c2nc(-c3ccc4c(ccc5ccccc54)c3)cc(-c3c4ccccc4cc4c3ccc3ccccc34)n2)cc1. The number of nitrogens with zero attached hydrogens (tertiary/aromatic N) is 2. The van der Waals surface area contributed by atoms with Gasteiger partial charge >= 0.3 is 0 Å². The fourth-order valence-electron chi connectivity index (χ4n) is 6.71. The van der Waals surface area contributed by atoms with E-state index in [4.69, 9.17) is 9.97 Å². The molecule has 0 aliphatic carbocycles. The van der Waals surface area contributed by atoms with Crippen molar-refractivity contribution in [3.8, 4) is 33.9 Å². The molecule has 2 nitrogen and oxygen atoms in total. The molecule has 1 heterocycles. The molecule has 0 unspecified atom stereocenters. The van der Waals surface area contributed by atoms with Crippen LogP contribution in [0, 0.1) is 0 Å². The van der Waals surface area contributed by atoms with Crippen LogP contribution in [0.25, 0.3) is 87.8 Å². The molecule has 0 fully saturated rings. The summed E-state index contributed by atoms with van der Waals surface area (Å²) in [6.45, 7) is 0. The molecule has 0 radical (unpaired) electrons. The molecule has 204 valence electrons. The highest BCUT2D eigenvalue weighted by Crippen LogP contribution is 2.40. The average Bonchev–Trinajstić information content (AvgIpc) is 3.10. The molecule has 0 amide bonds. The van der Waals surface area contributed by atoms with Crippen LogP contribution in [0.2, 0.25) is 0 Å². The van der Waals surface area contributed by atoms with Gasteiger partial charge in [-0.3, -0.25) is 0 Å². The van der Waals surface area contributed by atoms with Crippen molar-refractivity contribution in [3.63, 3.8) is 0 Å². The van der Waals surface area contributed by atoms with E-state index >= 15 is 0 Å². The Morgan fingerprint density at radius 2 is 0.841 bits per heavy atom. The Bertz CT molecular complexity index is 2550. The molecule has 0 spiro atoms. The van der Waals surface area contributed by atoms with Gasteiger partial charge in [0.1, 0.15) is 0 Å². The summed E-state index contributed by atoms with van der Waals surface area (Å²) in [4.78, 5) is 10.4. The summed E-state index contributed by atoms with van der Waals surface area (Å²) >= 11 is 0. The largest absolute Gasteiger partial charge is 0.228 e. The van der Waals surface area contributed by atoms with Gasteiger partial charge in [-0.2, -0.15) is 0 Å². The van der Waals surface area contributed by atoms with Gasteiger partial charge in [0.05, 0.1) is 11.4 Å². The number of rotatable bonds is 3. The van der Waals surface area contributed by atoms with E-state index in [9.17, 15) is 0 Å². The zero-order valence-corrected chi connectivity index (χ0v) is 23.9. The lowest BCUT2D eigenvalue weighted by Gasteiger charge is -2.15. The number of hydrogen-bond donors (Lipinski definition) is 0. The Hall–Kier alpha value is -5.86. The molecular weight excluding hydrogens is 532 g/mol. The van der Waals surface area contributed by atoms with Crippen molar-refractivity contribution in [1.29, 1.82) is 0 Å². The van der Waals surface area contributed by atoms with E-state index in [1.165, 1.54) is 53.9 Å². The summed E-state index contributed by atoms with van der Waals surface area (Å²) in [5.41, 5.74) is 5.03. The predicted octanol–water partition coefficient (Wildman–Crippen LogP) is 11.2. The van der Waals surface area contributed by atoms with E-state index in [1.807, 2.05) is 18.2 Å². The molecule has 0 saturated heterocycles. The molecular formula is C42H26N2. The van der Waals surface area contributed by atoms with Crippen molar-refractivity contribution >= 4 is 53.9 Å². The molecule has 0 aliphatic heterocycles. The van der Waals surface area contributed by atoms with Crippen molar-refractivity contribution in [2.75, 3.05) is 0 Å². The predicted molar refractivity (Wildman–Crippen MR) is 186 cm³/mol. The van der Waals surface area contributed by atoms with Crippen LogP contribution in [0.3, 0.4) is 0 Å². The van der Waals surface area contributed by atoms with Crippen molar-refractivity contribution < 1.29 is 0 Å². The minimum absolute atomic E-state index is 0.721. The summed E-state index contributed by atoms with van der Waals surface area (Å²) < 4.78 is 0. The van der Waals surface area contributed by atoms with Crippen LogP contribution in [0.4, 0.5) is 0 Å². The smallest absolute Gasteiger partial charge is 0.160 e. The Morgan fingerprint density at radius 3 is 1.64 bits per heavy atom. The molecule has 9 aromatic rings. The summed E-state index contributed by atoms with van der Waals surface area (Å²) in [6, 6.07) is 56.2. The minimum Gasteiger partial charge on any atom is -0.228 e. The monoisotopic (exact) mass is 558 g/mol. The first kappa shape index (κ1) is 24.7. The standard InChI is InChI=1S/C42H26N2/c1-2-12-29(13-3-1)42-43-39(32-21-22-35-31(24-32)19-18-27-10-4-7-15-33(27)35)26-40(44-42)41-36-17-9-6-14-30(36)25-38-34-16-8-5-11-28(34)20-23-37(38)41/h1-26H. The third-order valence-electron chi connectivity index (χ3n) is 8.83. The van der Waals surface area contributed by atoms with Gasteiger partial charge < -0.3 is 0 Å². The number of aromatic nitrogens is 2. The van der Waals surface area contributed by atoms with Gasteiger partial charge in [-0.05, 0) is 72.1 Å². The van der Waals surface area contributed by atoms with E-state index < -0.39 is 0 Å². The van der Waals surface area contributed by atoms with Crippen LogP contribution >= 0.6 is 0 Å². The van der Waals surface area contributed by atoms with Crippen LogP contribution in [0.15, 0.2) is 158 Å². The quantitative estimate of drug-likeness (QED) is 0.159. The first-order chi connectivity index (χ1) is 21.8. The Balaban J connectivity index is 1.35. The van der Waals surface area contributed by atoms with Gasteiger partial charge in [0, 0.05) is 16.7 Å². The van der Waals surface area contributed by atoms with Crippen molar-refractivity contribution in [3.05, 3.63) is 158 Å². The van der Waals surface area contributed by atoms with E-state index in [0.29, 0.717) is 0 Å². The summed E-state index contributed by atoms with van der Waals surface area (Å²) in [6.07, 6.45) is 0. The van der Waals surface area contributed by atoms with E-state index in [0.717, 1.165) is 33.9 Å². The van der Waals surface area contributed by atoms with Crippen LogP contribution in [-0.2, 0) is 0 Å². The maximum absolute atomic E-state index is 5.27. The fourth-order valence-corrected chi connectivity index (χ4v) is 6.71. The van der Waals surface area contributed by atoms with Crippen LogP contribution in [0.5, 0.6) is 0 Å². The zero-order valence-electron chi connectivity index (χ0n) is 23.9. The van der Waals surface area contributed by atoms with Crippen molar-refractivity contribution in [1.82, 2.24) is 9.97 Å². The number of fused-ring (bicyclic) bond motifs is 7. The molecule has 8 aromatic carbocycles. The van der Waals surface area contributed by atoms with E-state index in [2.05, 4.69) is 140 Å². The summed E-state index contributed by atoms with van der Waals surface area (Å²) in [5, 5.41) is 12.2. The topological polar surface area (TPSA) is 25.8 Å². The molecule has 2 heteroatoms. The Morgan fingerprint density at radius 1 is 0.295 bits per heavy atom. The van der Waals surface area contributed by atoms with Gasteiger partial charge in [-0.1, -0.05) is 140 Å². The molecule has 44 heavy (non-hydrogen) atoms. The molecule has 1 aromatic heterocycles. The highest BCUT2D eigenvalue weighted by atomic mass is 14.9. The normalized spacial score (nSPS) is 11.6. The molecule has 0 bridgehead atoms. The molecule has 0 atom stereocenters. The third kappa shape index (κ3) is 3.96. The van der Waals surface area contributed by atoms with Gasteiger partial charge in [0.15, 0.2) is 5.82 Å². The summed E-state index contributed by atoms with van der Waals surface area (Å²) in [7, 11) is 0. The van der Waals surface area contributed by atoms with Crippen LogP contribution < -0.4 is 0 Å². The second kappa shape index (κ2) is 9.86. The first-order valence-corrected chi connectivity index (χ1v) is 15.0. The Kier molecular flexibility index (Phi) is 5.54. The maximum atomic E-state index is 5.27. The molecule has 0 N–H and O–H groups in total. The minimum atomic E-state index is 0.721. The zero-order chi connectivity index (χ0) is 29.0. The Labute approximate surface area is 254 Å². The third-order valence-corrected chi connectivity index (χ3v) is 8.83. The maximum Gasteiger partial charge on any atom is 0.160 e. The second-order valence-corrected chi connectivity index (χ2v) is 11.4. The van der Waals surface area contributed by atoms with E-state index in [-0.39, 0.29) is 0 Å². The molecule has 0 saturated carbocycles. The first-order valence-electron chi connectivity index (χ1n) is 15.0. The highest BCUT2D eigenvalue weighted by molar-refractivity contribution is 6.20. The lowest BCUT2D eigenvalue weighted by atomic mass is 9.91.